The van der Waals surface area contributed by atoms with Gasteiger partial charge in [0, 0.05) is 13.1 Å². The van der Waals surface area contributed by atoms with E-state index in [1.165, 1.54) is 0 Å². The fraction of sp³-hybridized carbons (Fsp3) is 0.667. The summed E-state index contributed by atoms with van der Waals surface area (Å²) in [6.07, 6.45) is 0. The minimum absolute atomic E-state index is 0.158. The van der Waals surface area contributed by atoms with Crippen molar-refractivity contribution in [2.45, 2.75) is 40.7 Å². The van der Waals surface area contributed by atoms with E-state index >= 15 is 0 Å². The van der Waals surface area contributed by atoms with Gasteiger partial charge in [0.15, 0.2) is 0 Å². The lowest BCUT2D eigenvalue weighted by atomic mass is 9.88. The minimum atomic E-state index is 0.158. The molecule has 0 amide bonds. The van der Waals surface area contributed by atoms with Crippen molar-refractivity contribution in [3.05, 3.63) is 11.3 Å². The Balaban J connectivity index is 3.10. The first kappa shape index (κ1) is 14.0. The molecule has 1 unspecified atom stereocenters. The van der Waals surface area contributed by atoms with Crippen LogP contribution >= 0.6 is 12.2 Å². The van der Waals surface area contributed by atoms with Crippen molar-refractivity contribution in [1.82, 2.24) is 9.78 Å². The molecule has 0 aliphatic carbocycles. The lowest BCUT2D eigenvalue weighted by molar-refractivity contribution is 0.358. The zero-order valence-corrected chi connectivity index (χ0v) is 12.3. The maximum absolute atomic E-state index is 5.75. The average Bonchev–Trinajstić information content (AvgIpc) is 2.39. The molecule has 4 nitrogen and oxygen atoms in total. The molecule has 1 aromatic heterocycles. The molecule has 0 spiro atoms. The Kier molecular flexibility index (Phi) is 3.81. The molecular weight excluding hydrogens is 232 g/mol. The average molecular weight is 254 g/mol. The first-order valence-corrected chi connectivity index (χ1v) is 6.15. The molecule has 0 saturated carbocycles. The fourth-order valence-corrected chi connectivity index (χ4v) is 1.78. The Morgan fingerprint density at radius 2 is 2.00 bits per heavy atom. The van der Waals surface area contributed by atoms with Crippen LogP contribution in [-0.4, -0.2) is 20.8 Å². The van der Waals surface area contributed by atoms with Crippen molar-refractivity contribution in [1.29, 1.82) is 0 Å². The van der Waals surface area contributed by atoms with Gasteiger partial charge in [-0.05, 0) is 19.3 Å². The van der Waals surface area contributed by atoms with Crippen LogP contribution in [0.1, 0.15) is 39.0 Å². The highest BCUT2D eigenvalue weighted by atomic mass is 32.1. The molecule has 96 valence electrons. The Hall–Kier alpha value is -1.10. The number of nitrogens with two attached hydrogens (primary N) is 1. The normalized spacial score (nSPS) is 13.5. The number of hydrogen-bond acceptors (Lipinski definition) is 3. The second-order valence-corrected chi connectivity index (χ2v) is 5.97. The first-order valence-electron chi connectivity index (χ1n) is 5.74. The summed E-state index contributed by atoms with van der Waals surface area (Å²) < 4.78 is 1.80. The molecule has 1 heterocycles. The number of anilines is 1. The Morgan fingerprint density at radius 1 is 1.47 bits per heavy atom. The summed E-state index contributed by atoms with van der Waals surface area (Å²) in [6.45, 7) is 10.6. The summed E-state index contributed by atoms with van der Waals surface area (Å²) >= 11 is 5.08. The number of nitrogens with zero attached hydrogens (tertiary/aromatic N) is 2. The van der Waals surface area contributed by atoms with E-state index in [0.717, 1.165) is 17.1 Å². The van der Waals surface area contributed by atoms with E-state index in [9.17, 15) is 0 Å². The van der Waals surface area contributed by atoms with Gasteiger partial charge in [-0.2, -0.15) is 5.10 Å². The van der Waals surface area contributed by atoms with Crippen molar-refractivity contribution < 1.29 is 0 Å². The Morgan fingerprint density at radius 3 is 2.41 bits per heavy atom. The monoisotopic (exact) mass is 254 g/mol. The van der Waals surface area contributed by atoms with E-state index in [-0.39, 0.29) is 5.41 Å². The van der Waals surface area contributed by atoms with Crippen molar-refractivity contribution in [3.8, 4) is 0 Å². The Bertz CT molecular complexity index is 428. The molecule has 1 rings (SSSR count). The second-order valence-electron chi connectivity index (χ2n) is 5.53. The van der Waals surface area contributed by atoms with E-state index in [0.29, 0.717) is 11.0 Å². The van der Waals surface area contributed by atoms with Crippen LogP contribution in [0.3, 0.4) is 0 Å². The van der Waals surface area contributed by atoms with Crippen LogP contribution in [0.2, 0.25) is 0 Å². The zero-order chi connectivity index (χ0) is 13.4. The highest BCUT2D eigenvalue weighted by Gasteiger charge is 2.23. The summed E-state index contributed by atoms with van der Waals surface area (Å²) in [5.41, 5.74) is 7.62. The topological polar surface area (TPSA) is 55.9 Å². The van der Waals surface area contributed by atoms with Gasteiger partial charge in [-0.15, -0.1) is 0 Å². The van der Waals surface area contributed by atoms with Crippen LogP contribution in [0.4, 0.5) is 5.82 Å². The first-order chi connectivity index (χ1) is 7.64. The molecule has 0 aliphatic rings. The van der Waals surface area contributed by atoms with Crippen molar-refractivity contribution in [3.63, 3.8) is 0 Å². The maximum Gasteiger partial charge on any atom is 0.134 e. The van der Waals surface area contributed by atoms with Crippen molar-refractivity contribution in [2.75, 3.05) is 5.32 Å². The van der Waals surface area contributed by atoms with Gasteiger partial charge >= 0.3 is 0 Å². The van der Waals surface area contributed by atoms with Crippen LogP contribution in [0.15, 0.2) is 0 Å². The maximum atomic E-state index is 5.75. The van der Waals surface area contributed by atoms with Crippen LogP contribution in [0, 0.1) is 12.3 Å². The number of thiocarbonyl (C=S) groups is 1. The van der Waals surface area contributed by atoms with Crippen LogP contribution < -0.4 is 11.1 Å². The number of aryl methyl sites for hydroxylation is 2. The third-order valence-corrected chi connectivity index (χ3v) is 3.33. The lowest BCUT2D eigenvalue weighted by Gasteiger charge is -2.29. The van der Waals surface area contributed by atoms with E-state index in [1.54, 1.807) is 4.68 Å². The van der Waals surface area contributed by atoms with Gasteiger partial charge < -0.3 is 11.1 Å². The number of aromatic nitrogens is 2. The highest BCUT2D eigenvalue weighted by Crippen LogP contribution is 2.25. The zero-order valence-electron chi connectivity index (χ0n) is 11.5. The summed E-state index contributed by atoms with van der Waals surface area (Å²) in [5, 5.41) is 7.81. The molecule has 0 radical (unpaired) electrons. The molecule has 1 atom stereocenters. The largest absolute Gasteiger partial charge is 0.389 e. The van der Waals surface area contributed by atoms with Gasteiger partial charge in [-0.1, -0.05) is 33.0 Å². The molecule has 0 aromatic carbocycles. The standard InChI is InChI=1S/C12H22N4S/c1-7-9(10(13)17)11(16(6)15-7)14-8(2)12(3,4)5/h8,14H,1-6H3,(H2,13,17). The second kappa shape index (κ2) is 4.64. The molecule has 0 fully saturated rings. The molecule has 0 aliphatic heterocycles. The van der Waals surface area contributed by atoms with Crippen molar-refractivity contribution >= 4 is 23.0 Å². The van der Waals surface area contributed by atoms with Gasteiger partial charge in [-0.3, -0.25) is 4.68 Å². The predicted molar refractivity (Wildman–Crippen MR) is 76.4 cm³/mol. The van der Waals surface area contributed by atoms with Gasteiger partial charge in [0.2, 0.25) is 0 Å². The van der Waals surface area contributed by atoms with E-state index in [2.05, 4.69) is 38.1 Å². The predicted octanol–water partition coefficient (Wildman–Crippen LogP) is 2.21. The van der Waals surface area contributed by atoms with E-state index < -0.39 is 0 Å². The molecule has 0 saturated heterocycles. The van der Waals surface area contributed by atoms with Crippen molar-refractivity contribution in [2.24, 2.45) is 18.2 Å². The minimum Gasteiger partial charge on any atom is -0.389 e. The molecule has 1 aromatic rings. The SMILES string of the molecule is Cc1nn(C)c(NC(C)C(C)(C)C)c1C(N)=S. The van der Waals surface area contributed by atoms with Gasteiger partial charge in [-0.25, -0.2) is 0 Å². The summed E-state index contributed by atoms with van der Waals surface area (Å²) in [5.74, 6) is 0.900. The van der Waals surface area contributed by atoms with Gasteiger partial charge in [0.05, 0.1) is 11.3 Å². The summed E-state index contributed by atoms with van der Waals surface area (Å²) in [6, 6.07) is 0.297. The molecule has 5 heteroatoms. The third-order valence-electron chi connectivity index (χ3n) is 3.12. The lowest BCUT2D eigenvalue weighted by Crippen LogP contribution is -2.32. The molecule has 17 heavy (non-hydrogen) atoms. The third kappa shape index (κ3) is 2.97. The quantitative estimate of drug-likeness (QED) is 0.812. The molecule has 3 N–H and O–H groups in total. The van der Waals surface area contributed by atoms with Crippen LogP contribution in [0.25, 0.3) is 0 Å². The fourth-order valence-electron chi connectivity index (χ4n) is 1.54. The smallest absolute Gasteiger partial charge is 0.134 e. The summed E-state index contributed by atoms with van der Waals surface area (Å²) in [4.78, 5) is 0.388. The summed E-state index contributed by atoms with van der Waals surface area (Å²) in [7, 11) is 1.90. The highest BCUT2D eigenvalue weighted by molar-refractivity contribution is 7.80. The van der Waals surface area contributed by atoms with Crippen LogP contribution in [0.5, 0.6) is 0 Å². The van der Waals surface area contributed by atoms with Crippen LogP contribution in [-0.2, 0) is 7.05 Å². The number of rotatable bonds is 3. The van der Waals surface area contributed by atoms with E-state index in [1.807, 2.05) is 14.0 Å². The molecule has 0 bridgehead atoms. The Labute approximate surface area is 109 Å². The van der Waals surface area contributed by atoms with Gasteiger partial charge in [0.25, 0.3) is 0 Å². The van der Waals surface area contributed by atoms with E-state index in [4.69, 9.17) is 18.0 Å². The van der Waals surface area contributed by atoms with Gasteiger partial charge in [0.1, 0.15) is 10.8 Å². The molecular formula is C12H22N4S. The number of nitrogens with one attached hydrogen (secondary N) is 1. The number of hydrogen-bond donors (Lipinski definition) is 2.